The summed E-state index contributed by atoms with van der Waals surface area (Å²) in [6.07, 6.45) is 0. The van der Waals surface area contributed by atoms with Crippen molar-refractivity contribution < 1.29 is 9.13 Å². The summed E-state index contributed by atoms with van der Waals surface area (Å²) < 4.78 is 18.9. The molecule has 112 valence electrons. The third-order valence-corrected chi connectivity index (χ3v) is 3.62. The Morgan fingerprint density at radius 2 is 1.76 bits per heavy atom. The summed E-state index contributed by atoms with van der Waals surface area (Å²) in [6.45, 7) is 4.87. The van der Waals surface area contributed by atoms with E-state index in [2.05, 4.69) is 5.32 Å². The van der Waals surface area contributed by atoms with Crippen molar-refractivity contribution in [2.24, 2.45) is 0 Å². The normalized spacial score (nSPS) is 10.7. The van der Waals surface area contributed by atoms with Crippen molar-refractivity contribution in [3.8, 4) is 5.75 Å². The lowest BCUT2D eigenvalue weighted by Gasteiger charge is -2.11. The molecular weight excluding hydrogens is 289 g/mol. The monoisotopic (exact) mass is 307 g/mol. The predicted octanol–water partition coefficient (Wildman–Crippen LogP) is 4.39. The van der Waals surface area contributed by atoms with E-state index in [0.717, 1.165) is 16.9 Å². The van der Waals surface area contributed by atoms with Gasteiger partial charge >= 0.3 is 0 Å². The van der Waals surface area contributed by atoms with Crippen LogP contribution in [-0.2, 0) is 13.1 Å². The zero-order valence-electron chi connectivity index (χ0n) is 12.5. The second kappa shape index (κ2) is 6.92. The fourth-order valence-electron chi connectivity index (χ4n) is 2.36. The van der Waals surface area contributed by atoms with Crippen LogP contribution in [0.5, 0.6) is 5.75 Å². The maximum absolute atomic E-state index is 13.6. The molecule has 0 saturated heterocycles. The van der Waals surface area contributed by atoms with Crippen LogP contribution in [0.3, 0.4) is 0 Å². The highest BCUT2D eigenvalue weighted by Gasteiger charge is 2.06. The molecule has 2 rings (SSSR count). The van der Waals surface area contributed by atoms with E-state index < -0.39 is 0 Å². The number of ether oxygens (including phenoxy) is 1. The van der Waals surface area contributed by atoms with Gasteiger partial charge in [-0.05, 0) is 48.7 Å². The summed E-state index contributed by atoms with van der Waals surface area (Å²) >= 11 is 6.00. The first-order chi connectivity index (χ1) is 10.0. The Balaban J connectivity index is 2.03. The minimum absolute atomic E-state index is 0.129. The predicted molar refractivity (Wildman–Crippen MR) is 84.4 cm³/mol. The number of nitrogens with one attached hydrogen (secondary N) is 1. The van der Waals surface area contributed by atoms with Gasteiger partial charge in [0.2, 0.25) is 0 Å². The first-order valence-electron chi connectivity index (χ1n) is 6.80. The Morgan fingerprint density at radius 3 is 2.38 bits per heavy atom. The smallest absolute Gasteiger partial charge is 0.129 e. The number of rotatable bonds is 5. The molecule has 0 radical (unpaired) electrons. The van der Waals surface area contributed by atoms with E-state index in [9.17, 15) is 4.39 Å². The molecule has 2 aromatic carbocycles. The van der Waals surface area contributed by atoms with Gasteiger partial charge in [0.25, 0.3) is 0 Å². The second-order valence-corrected chi connectivity index (χ2v) is 5.54. The number of methoxy groups -OCH3 is 1. The Hall–Kier alpha value is -1.58. The maximum Gasteiger partial charge on any atom is 0.129 e. The molecule has 0 atom stereocenters. The number of hydrogen-bond acceptors (Lipinski definition) is 2. The molecule has 4 heteroatoms. The van der Waals surface area contributed by atoms with Crippen LogP contribution in [0, 0.1) is 19.7 Å². The van der Waals surface area contributed by atoms with E-state index in [-0.39, 0.29) is 5.82 Å². The quantitative estimate of drug-likeness (QED) is 0.884. The van der Waals surface area contributed by atoms with Crippen molar-refractivity contribution in [3.63, 3.8) is 0 Å². The molecule has 0 spiro atoms. The highest BCUT2D eigenvalue weighted by molar-refractivity contribution is 6.30. The van der Waals surface area contributed by atoms with Crippen LogP contribution < -0.4 is 10.1 Å². The van der Waals surface area contributed by atoms with Crippen LogP contribution in [0.4, 0.5) is 4.39 Å². The molecule has 0 aromatic heterocycles. The fourth-order valence-corrected chi connectivity index (χ4v) is 2.56. The van der Waals surface area contributed by atoms with Crippen LogP contribution in [-0.4, -0.2) is 7.11 Å². The molecule has 0 fully saturated rings. The van der Waals surface area contributed by atoms with Crippen LogP contribution in [0.15, 0.2) is 30.3 Å². The number of benzene rings is 2. The first kappa shape index (κ1) is 15.8. The summed E-state index contributed by atoms with van der Waals surface area (Å²) in [5.74, 6) is 0.675. The third-order valence-electron chi connectivity index (χ3n) is 3.38. The number of aryl methyl sites for hydroxylation is 2. The molecule has 0 saturated carbocycles. The Kier molecular flexibility index (Phi) is 5.21. The maximum atomic E-state index is 13.6. The molecule has 21 heavy (non-hydrogen) atoms. The van der Waals surface area contributed by atoms with Crippen molar-refractivity contribution in [1.82, 2.24) is 5.32 Å². The minimum Gasteiger partial charge on any atom is -0.496 e. The summed E-state index contributed by atoms with van der Waals surface area (Å²) in [5.41, 5.74) is 3.41. The lowest BCUT2D eigenvalue weighted by atomic mass is 10.1. The number of hydrogen-bond donors (Lipinski definition) is 1. The Morgan fingerprint density at radius 1 is 1.10 bits per heavy atom. The minimum atomic E-state index is -0.129. The number of halogens is 2. The largest absolute Gasteiger partial charge is 0.496 e. The third kappa shape index (κ3) is 3.96. The van der Waals surface area contributed by atoms with E-state index in [4.69, 9.17) is 16.3 Å². The molecule has 0 aliphatic heterocycles. The zero-order chi connectivity index (χ0) is 15.4. The lowest BCUT2D eigenvalue weighted by molar-refractivity contribution is 0.407. The molecule has 0 aliphatic carbocycles. The van der Waals surface area contributed by atoms with E-state index in [1.54, 1.807) is 27.0 Å². The molecule has 1 N–H and O–H groups in total. The van der Waals surface area contributed by atoms with Gasteiger partial charge in [-0.2, -0.15) is 0 Å². The summed E-state index contributed by atoms with van der Waals surface area (Å²) in [6, 6.07) is 9.27. The van der Waals surface area contributed by atoms with Crippen molar-refractivity contribution in [3.05, 3.63) is 63.4 Å². The molecule has 0 unspecified atom stereocenters. The second-order valence-electron chi connectivity index (χ2n) is 5.10. The molecule has 0 heterocycles. The van der Waals surface area contributed by atoms with Crippen molar-refractivity contribution in [2.45, 2.75) is 26.9 Å². The first-order valence-corrected chi connectivity index (χ1v) is 7.18. The molecular formula is C17H19ClFNO. The van der Waals surface area contributed by atoms with Crippen LogP contribution in [0.2, 0.25) is 5.02 Å². The highest BCUT2D eigenvalue weighted by atomic mass is 35.5. The topological polar surface area (TPSA) is 21.3 Å². The molecule has 2 aromatic rings. The highest BCUT2D eigenvalue weighted by Crippen LogP contribution is 2.22. The van der Waals surface area contributed by atoms with E-state index in [0.29, 0.717) is 29.2 Å². The lowest BCUT2D eigenvalue weighted by Crippen LogP contribution is -2.14. The fraction of sp³-hybridized carbons (Fsp3) is 0.294. The standard InChI is InChI=1S/C17H19ClFNO/c1-11-6-13(7-12(2)17(11)19)9-20-10-14-8-15(18)4-5-16(14)21-3/h4-8,20H,9-10H2,1-3H3. The van der Waals surface area contributed by atoms with Gasteiger partial charge in [-0.1, -0.05) is 23.7 Å². The van der Waals surface area contributed by atoms with E-state index >= 15 is 0 Å². The van der Waals surface area contributed by atoms with Crippen LogP contribution in [0.25, 0.3) is 0 Å². The Bertz CT molecular complexity index is 620. The SMILES string of the molecule is COc1ccc(Cl)cc1CNCc1cc(C)c(F)c(C)c1. The molecule has 0 aliphatic rings. The van der Waals surface area contributed by atoms with Crippen LogP contribution >= 0.6 is 11.6 Å². The van der Waals surface area contributed by atoms with Gasteiger partial charge < -0.3 is 10.1 Å². The van der Waals surface area contributed by atoms with Gasteiger partial charge in [0.05, 0.1) is 7.11 Å². The zero-order valence-corrected chi connectivity index (χ0v) is 13.2. The van der Waals surface area contributed by atoms with Crippen molar-refractivity contribution >= 4 is 11.6 Å². The summed E-state index contributed by atoms with van der Waals surface area (Å²) in [4.78, 5) is 0. The van der Waals surface area contributed by atoms with E-state index in [1.165, 1.54) is 0 Å². The van der Waals surface area contributed by atoms with Gasteiger partial charge in [-0.15, -0.1) is 0 Å². The molecule has 0 bridgehead atoms. The van der Waals surface area contributed by atoms with Crippen molar-refractivity contribution in [2.75, 3.05) is 7.11 Å². The Labute approximate surface area is 129 Å². The van der Waals surface area contributed by atoms with Gasteiger partial charge in [0.15, 0.2) is 0 Å². The van der Waals surface area contributed by atoms with Gasteiger partial charge in [0, 0.05) is 23.7 Å². The van der Waals surface area contributed by atoms with Gasteiger partial charge in [-0.3, -0.25) is 0 Å². The average Bonchev–Trinajstić information content (AvgIpc) is 2.45. The average molecular weight is 308 g/mol. The molecule has 0 amide bonds. The molecule has 2 nitrogen and oxygen atoms in total. The summed E-state index contributed by atoms with van der Waals surface area (Å²) in [7, 11) is 1.64. The van der Waals surface area contributed by atoms with E-state index in [1.807, 2.05) is 24.3 Å². The van der Waals surface area contributed by atoms with Crippen molar-refractivity contribution in [1.29, 1.82) is 0 Å². The summed E-state index contributed by atoms with van der Waals surface area (Å²) in [5, 5.41) is 4.01. The van der Waals surface area contributed by atoms with Crippen LogP contribution in [0.1, 0.15) is 22.3 Å². The van der Waals surface area contributed by atoms with Gasteiger partial charge in [0.1, 0.15) is 11.6 Å². The van der Waals surface area contributed by atoms with Gasteiger partial charge in [-0.25, -0.2) is 4.39 Å².